The Hall–Kier alpha value is -2.48. The Morgan fingerprint density at radius 2 is 1.67 bits per heavy atom. The average molecular weight is 448 g/mol. The first kappa shape index (κ1) is 22.2. The highest BCUT2D eigenvalue weighted by Crippen LogP contribution is 2.21. The maximum atomic E-state index is 12.7. The van der Waals surface area contributed by atoms with Gasteiger partial charge in [0.15, 0.2) is 12.4 Å². The number of rotatable bonds is 7. The third kappa shape index (κ3) is 5.56. The third-order valence-electron chi connectivity index (χ3n) is 4.78. The number of esters is 1. The molecule has 30 heavy (non-hydrogen) atoms. The van der Waals surface area contributed by atoms with Gasteiger partial charge < -0.3 is 4.74 Å². The number of Topliss-reactive ketones (excluding diaryl/α,β-unsaturated/α-hetero) is 1. The highest BCUT2D eigenvalue weighted by Gasteiger charge is 2.25. The summed E-state index contributed by atoms with van der Waals surface area (Å²) in [6, 6.07) is 12.7. The third-order valence-corrected chi connectivity index (χ3v) is 7.04. The number of sulfonamides is 1. The van der Waals surface area contributed by atoms with Crippen LogP contribution in [0.25, 0.3) is 6.08 Å². The fraction of sp³-hybridized carbons (Fsp3) is 0.273. The van der Waals surface area contributed by atoms with Crippen LogP contribution >= 0.6 is 11.6 Å². The first-order chi connectivity index (χ1) is 14.4. The number of halogens is 1. The van der Waals surface area contributed by atoms with Gasteiger partial charge in [-0.3, -0.25) is 4.79 Å². The smallest absolute Gasteiger partial charge is 0.331 e. The van der Waals surface area contributed by atoms with E-state index in [1.165, 1.54) is 40.7 Å². The van der Waals surface area contributed by atoms with Crippen molar-refractivity contribution in [2.24, 2.45) is 0 Å². The van der Waals surface area contributed by atoms with E-state index in [0.29, 0.717) is 23.7 Å². The lowest BCUT2D eigenvalue weighted by Gasteiger charge is -2.25. The van der Waals surface area contributed by atoms with Crippen molar-refractivity contribution in [1.82, 2.24) is 4.31 Å². The van der Waals surface area contributed by atoms with Crippen molar-refractivity contribution in [2.45, 2.75) is 24.2 Å². The van der Waals surface area contributed by atoms with Crippen LogP contribution in [0.15, 0.2) is 59.5 Å². The van der Waals surface area contributed by atoms with Crippen molar-refractivity contribution in [2.75, 3.05) is 19.7 Å². The molecular weight excluding hydrogens is 426 g/mol. The van der Waals surface area contributed by atoms with E-state index in [4.69, 9.17) is 16.3 Å². The number of hydrogen-bond donors (Lipinski definition) is 0. The molecule has 0 spiro atoms. The minimum absolute atomic E-state index is 0.153. The van der Waals surface area contributed by atoms with Gasteiger partial charge in [-0.15, -0.1) is 0 Å². The second kappa shape index (κ2) is 10.0. The molecule has 3 rings (SSSR count). The van der Waals surface area contributed by atoms with E-state index in [1.807, 2.05) is 0 Å². The van der Waals surface area contributed by atoms with Crippen LogP contribution in [0.4, 0.5) is 0 Å². The van der Waals surface area contributed by atoms with E-state index in [-0.39, 0.29) is 10.5 Å². The van der Waals surface area contributed by atoms with Crippen LogP contribution in [0.2, 0.25) is 5.02 Å². The standard InChI is InChI=1S/C22H22ClNO5S/c23-20-7-3-2-6-17(20)10-13-22(26)29-16-21(25)18-8-11-19(12-9-18)30(27,28)24-14-4-1-5-15-24/h2-3,6-13H,1,4-5,14-16H2/b13-10+. The lowest BCUT2D eigenvalue weighted by molar-refractivity contribution is -0.136. The van der Waals surface area contributed by atoms with Gasteiger partial charge in [0.05, 0.1) is 4.90 Å². The van der Waals surface area contributed by atoms with Gasteiger partial charge in [0, 0.05) is 29.8 Å². The molecule has 1 aliphatic heterocycles. The zero-order valence-electron chi connectivity index (χ0n) is 16.3. The van der Waals surface area contributed by atoms with Crippen LogP contribution in [0.1, 0.15) is 35.2 Å². The van der Waals surface area contributed by atoms with Crippen molar-refractivity contribution in [1.29, 1.82) is 0 Å². The van der Waals surface area contributed by atoms with E-state index in [1.54, 1.807) is 24.3 Å². The van der Waals surface area contributed by atoms with Crippen LogP contribution in [0, 0.1) is 0 Å². The monoisotopic (exact) mass is 447 g/mol. The Morgan fingerprint density at radius 1 is 1.00 bits per heavy atom. The Morgan fingerprint density at radius 3 is 2.33 bits per heavy atom. The molecule has 158 valence electrons. The van der Waals surface area contributed by atoms with E-state index < -0.39 is 28.4 Å². The summed E-state index contributed by atoms with van der Waals surface area (Å²) in [6.07, 6.45) is 5.45. The van der Waals surface area contributed by atoms with Crippen LogP contribution < -0.4 is 0 Å². The molecule has 2 aromatic carbocycles. The number of benzene rings is 2. The molecule has 1 fully saturated rings. The number of hydrogen-bond acceptors (Lipinski definition) is 5. The van der Waals surface area contributed by atoms with E-state index in [2.05, 4.69) is 0 Å². The Balaban J connectivity index is 1.57. The number of ether oxygens (including phenoxy) is 1. The first-order valence-electron chi connectivity index (χ1n) is 9.61. The summed E-state index contributed by atoms with van der Waals surface area (Å²) in [5.41, 5.74) is 0.934. The van der Waals surface area contributed by atoms with Crippen LogP contribution in [0.3, 0.4) is 0 Å². The summed E-state index contributed by atoms with van der Waals surface area (Å²) >= 11 is 6.01. The fourth-order valence-electron chi connectivity index (χ4n) is 3.10. The van der Waals surface area contributed by atoms with E-state index in [9.17, 15) is 18.0 Å². The highest BCUT2D eigenvalue weighted by atomic mass is 35.5. The summed E-state index contributed by atoms with van der Waals surface area (Å²) in [4.78, 5) is 24.2. The predicted octanol–water partition coefficient (Wildman–Crippen LogP) is 3.95. The topological polar surface area (TPSA) is 80.8 Å². The Kier molecular flexibility index (Phi) is 7.42. The summed E-state index contributed by atoms with van der Waals surface area (Å²) < 4.78 is 31.7. The highest BCUT2D eigenvalue weighted by molar-refractivity contribution is 7.89. The molecule has 1 saturated heterocycles. The van der Waals surface area contributed by atoms with Gasteiger partial charge in [-0.25, -0.2) is 13.2 Å². The van der Waals surface area contributed by atoms with Gasteiger partial charge in [0.2, 0.25) is 10.0 Å². The van der Waals surface area contributed by atoms with Gasteiger partial charge in [-0.1, -0.05) is 36.2 Å². The number of ketones is 1. The largest absolute Gasteiger partial charge is 0.454 e. The molecule has 1 heterocycles. The number of nitrogens with zero attached hydrogens (tertiary/aromatic N) is 1. The predicted molar refractivity (Wildman–Crippen MR) is 115 cm³/mol. The van der Waals surface area contributed by atoms with Crippen molar-refractivity contribution in [3.63, 3.8) is 0 Å². The Bertz CT molecular complexity index is 1040. The molecule has 0 unspecified atom stereocenters. The average Bonchev–Trinajstić information content (AvgIpc) is 2.77. The second-order valence-corrected chi connectivity index (χ2v) is 9.22. The molecule has 0 saturated carbocycles. The van der Waals surface area contributed by atoms with Gasteiger partial charge in [0.25, 0.3) is 0 Å². The quantitative estimate of drug-likeness (QED) is 0.364. The minimum Gasteiger partial charge on any atom is -0.454 e. The minimum atomic E-state index is -3.55. The van der Waals surface area contributed by atoms with E-state index in [0.717, 1.165) is 19.3 Å². The van der Waals surface area contributed by atoms with E-state index >= 15 is 0 Å². The van der Waals surface area contributed by atoms with Crippen LogP contribution in [-0.2, 0) is 19.6 Å². The SMILES string of the molecule is O=C(/C=C/c1ccccc1Cl)OCC(=O)c1ccc(S(=O)(=O)N2CCCCC2)cc1. The first-order valence-corrected chi connectivity index (χ1v) is 11.4. The fourth-order valence-corrected chi connectivity index (χ4v) is 4.82. The molecule has 8 heteroatoms. The molecule has 6 nitrogen and oxygen atoms in total. The summed E-state index contributed by atoms with van der Waals surface area (Å²) in [7, 11) is -3.55. The molecule has 2 aromatic rings. The van der Waals surface area contributed by atoms with Gasteiger partial charge >= 0.3 is 5.97 Å². The molecule has 0 atom stereocenters. The molecular formula is C22H22ClNO5S. The van der Waals surface area contributed by atoms with Crippen molar-refractivity contribution >= 4 is 39.5 Å². The lowest BCUT2D eigenvalue weighted by Crippen LogP contribution is -2.35. The number of carbonyl (C=O) groups is 2. The van der Waals surface area contributed by atoms with Gasteiger partial charge in [-0.05, 0) is 54.8 Å². The summed E-state index contributed by atoms with van der Waals surface area (Å²) in [5.74, 6) is -1.09. The maximum absolute atomic E-state index is 12.7. The van der Waals surface area contributed by atoms with Gasteiger partial charge in [0.1, 0.15) is 0 Å². The second-order valence-electron chi connectivity index (χ2n) is 6.87. The molecule has 0 aromatic heterocycles. The molecule has 0 radical (unpaired) electrons. The molecule has 1 aliphatic rings. The number of piperidine rings is 1. The normalized spacial score (nSPS) is 15.2. The maximum Gasteiger partial charge on any atom is 0.331 e. The zero-order valence-corrected chi connectivity index (χ0v) is 17.9. The van der Waals surface area contributed by atoms with Gasteiger partial charge in [-0.2, -0.15) is 4.31 Å². The van der Waals surface area contributed by atoms with Crippen molar-refractivity contribution < 1.29 is 22.7 Å². The number of carbonyl (C=O) groups excluding carboxylic acids is 2. The Labute approximate surface area is 181 Å². The lowest BCUT2D eigenvalue weighted by atomic mass is 10.1. The van der Waals surface area contributed by atoms with Crippen LogP contribution in [0.5, 0.6) is 0 Å². The zero-order chi connectivity index (χ0) is 21.6. The van der Waals surface area contributed by atoms with Crippen molar-refractivity contribution in [3.05, 3.63) is 70.8 Å². The molecule has 0 amide bonds. The molecule has 0 N–H and O–H groups in total. The molecule has 0 aliphatic carbocycles. The molecule has 0 bridgehead atoms. The van der Waals surface area contributed by atoms with Crippen molar-refractivity contribution in [3.8, 4) is 0 Å². The summed E-state index contributed by atoms with van der Waals surface area (Å²) in [5, 5.41) is 0.497. The van der Waals surface area contributed by atoms with Crippen LogP contribution in [-0.4, -0.2) is 44.2 Å². The summed E-state index contributed by atoms with van der Waals surface area (Å²) in [6.45, 7) is 0.589.